The maximum atomic E-state index is 12.0. The van der Waals surface area contributed by atoms with E-state index in [2.05, 4.69) is 49.7 Å². The number of fused-ring (bicyclic) bond motifs is 1. The van der Waals surface area contributed by atoms with E-state index in [0.29, 0.717) is 50.1 Å². The van der Waals surface area contributed by atoms with Crippen LogP contribution in [0.3, 0.4) is 0 Å². The van der Waals surface area contributed by atoms with Crippen LogP contribution in [0.2, 0.25) is 0 Å². The number of hydrogen-bond acceptors (Lipinski definition) is 16. The molecule has 4 aliphatic rings. The SMILES string of the molecule is CC[NH+]1CCC(C(=O)OC)CC1.COC(=O)C1CCCCC1.COC(=O)C1CCN(Cc2c(C)sc3c(-c4cnc(OC)c(NS(C)(=O)=O)c4)nc(N4CCOCC4)nc23)CC1.FB(F)CCl.[F-].[K+]. The molecule has 3 aromatic heterocycles. The Kier molecular flexibility index (Phi) is 29.0. The second-order valence-corrected chi connectivity index (χ2v) is 20.1. The van der Waals surface area contributed by atoms with Gasteiger partial charge in [-0.15, -0.1) is 22.9 Å². The van der Waals surface area contributed by atoms with Crippen LogP contribution in [0.5, 0.6) is 5.88 Å². The Morgan fingerprint density at radius 2 is 1.43 bits per heavy atom. The summed E-state index contributed by atoms with van der Waals surface area (Å²) in [6, 6.07) is 1.70. The minimum atomic E-state index is -3.56. The van der Waals surface area contributed by atoms with E-state index in [9.17, 15) is 31.4 Å². The number of quaternary nitrogens is 1. The minimum Gasteiger partial charge on any atom is -1.00 e. The molecule has 0 bridgehead atoms. The molecule has 0 unspecified atom stereocenters. The zero-order valence-corrected chi connectivity index (χ0v) is 46.8. The van der Waals surface area contributed by atoms with E-state index in [1.165, 1.54) is 54.2 Å². The third-order valence-electron chi connectivity index (χ3n) is 12.2. The summed E-state index contributed by atoms with van der Waals surface area (Å²) in [7, 11) is -0.0868. The van der Waals surface area contributed by atoms with Crippen LogP contribution in [0.4, 0.5) is 20.3 Å². The number of hydrogen-bond donors (Lipinski definition) is 2. The van der Waals surface area contributed by atoms with Crippen molar-refractivity contribution in [3.63, 3.8) is 0 Å². The molecule has 3 saturated heterocycles. The van der Waals surface area contributed by atoms with E-state index in [1.54, 1.807) is 28.5 Å². The standard InChI is InChI=1S/C26H34N6O6S2.C9H17NO2.C8H14O2.CH2BClF2.FH.K/c1-16-19(15-31-7-5-17(6-8-31)25(33)37-3)22-23(39-16)21(28-26(29-22)32-9-11-38-12-10-32)18-13-20(30-40(4,34)35)24(36-2)27-14-18;1-3-10-6-4-8(5-7-10)9(11)12-2;1-10-8(9)7-5-3-2-4-6-7;3-1-2(4)5;;/h13-14,17,30H,5-12,15H2,1-4H3;8H,3-7H2,1-2H3;7H,2-6H2,1H3;1H2;1H;/q;;;;;+1. The predicted molar refractivity (Wildman–Crippen MR) is 257 cm³/mol. The maximum Gasteiger partial charge on any atom is 1.00 e. The largest absolute Gasteiger partial charge is 1.00 e. The summed E-state index contributed by atoms with van der Waals surface area (Å²) in [5.74, 6) is 0.366. The second kappa shape index (κ2) is 31.9. The molecule has 25 heteroatoms. The molecule has 3 aliphatic heterocycles. The van der Waals surface area contributed by atoms with E-state index < -0.39 is 23.1 Å². The molecule has 3 aromatic rings. The first-order valence-corrected chi connectivity index (χ1v) is 26.1. The minimum absolute atomic E-state index is 0. The topological polar surface area (TPSA) is 193 Å². The summed E-state index contributed by atoms with van der Waals surface area (Å²) >= 11 is 6.20. The van der Waals surface area contributed by atoms with Crippen LogP contribution in [-0.4, -0.2) is 153 Å². The van der Waals surface area contributed by atoms with Gasteiger partial charge >= 0.3 is 76.6 Å². The number of morpholine rings is 1. The third-order valence-corrected chi connectivity index (χ3v) is 14.2. The molecule has 4 fully saturated rings. The van der Waals surface area contributed by atoms with Crippen molar-refractivity contribution in [3.8, 4) is 17.1 Å². The van der Waals surface area contributed by atoms with Gasteiger partial charge < -0.3 is 38.2 Å². The van der Waals surface area contributed by atoms with Gasteiger partial charge in [0, 0.05) is 54.7 Å². The van der Waals surface area contributed by atoms with Gasteiger partial charge in [-0.3, -0.25) is 32.6 Å². The molecule has 6 heterocycles. The van der Waals surface area contributed by atoms with Gasteiger partial charge in [0.2, 0.25) is 21.9 Å². The van der Waals surface area contributed by atoms with Crippen molar-refractivity contribution in [1.82, 2.24) is 19.9 Å². The molecule has 1 aliphatic carbocycles. The van der Waals surface area contributed by atoms with Crippen LogP contribution in [0.25, 0.3) is 21.5 Å². The van der Waals surface area contributed by atoms with Crippen LogP contribution < -0.4 is 75.3 Å². The molecule has 0 atom stereocenters. The molecule has 7 rings (SSSR count). The number of rotatable bonds is 12. The zero-order valence-electron chi connectivity index (χ0n) is 41.3. The van der Waals surface area contributed by atoms with Crippen LogP contribution >= 0.6 is 22.9 Å². The van der Waals surface area contributed by atoms with Gasteiger partial charge in [-0.1, -0.05) is 19.3 Å². The van der Waals surface area contributed by atoms with Crippen molar-refractivity contribution in [2.75, 3.05) is 109 Å². The van der Waals surface area contributed by atoms with E-state index in [-0.39, 0.29) is 103 Å². The van der Waals surface area contributed by atoms with Gasteiger partial charge in [-0.05, 0) is 58.7 Å². The number of methoxy groups -OCH3 is 4. The van der Waals surface area contributed by atoms with Crippen molar-refractivity contribution in [3.05, 3.63) is 22.7 Å². The summed E-state index contributed by atoms with van der Waals surface area (Å²) in [4.78, 5) is 55.7. The summed E-state index contributed by atoms with van der Waals surface area (Å²) < 4.78 is 73.9. The number of carbonyl (C=O) groups is 3. The number of sulfonamides is 1. The number of carbonyl (C=O) groups excluding carboxylic acids is 3. The summed E-state index contributed by atoms with van der Waals surface area (Å²) in [6.45, 7) is 12.5. The molecule has 17 nitrogen and oxygen atoms in total. The molecule has 0 aromatic carbocycles. The fourth-order valence-electron chi connectivity index (χ4n) is 8.43. The third kappa shape index (κ3) is 19.9. The van der Waals surface area contributed by atoms with Crippen molar-refractivity contribution < 1.29 is 116 Å². The number of aromatic nitrogens is 3. The molecule has 1 saturated carbocycles. The molecule has 0 amide bonds. The number of nitrogens with one attached hydrogen (secondary N) is 2. The Morgan fingerprint density at radius 1 is 0.899 bits per heavy atom. The van der Waals surface area contributed by atoms with Crippen molar-refractivity contribution in [2.24, 2.45) is 17.8 Å². The van der Waals surface area contributed by atoms with Crippen molar-refractivity contribution in [2.45, 2.75) is 78.2 Å². The Bertz CT molecular complexity index is 2160. The quantitative estimate of drug-likeness (QED) is 0.0979. The van der Waals surface area contributed by atoms with Crippen LogP contribution in [0, 0.1) is 24.7 Å². The van der Waals surface area contributed by atoms with Crippen LogP contribution in [0.15, 0.2) is 12.3 Å². The van der Waals surface area contributed by atoms with Gasteiger partial charge in [-0.25, -0.2) is 23.4 Å². The second-order valence-electron chi connectivity index (χ2n) is 16.8. The number of pyridine rings is 1. The number of likely N-dealkylation sites (tertiary alicyclic amines) is 2. The van der Waals surface area contributed by atoms with Crippen molar-refractivity contribution in [1.29, 1.82) is 0 Å². The zero-order chi connectivity index (χ0) is 49.1. The Morgan fingerprint density at radius 3 is 1.93 bits per heavy atom. The van der Waals surface area contributed by atoms with E-state index in [4.69, 9.17) is 28.9 Å². The first-order valence-electron chi connectivity index (χ1n) is 22.8. The fourth-order valence-corrected chi connectivity index (χ4v) is 10.1. The Labute approximate surface area is 456 Å². The average Bonchev–Trinajstić information content (AvgIpc) is 3.67. The summed E-state index contributed by atoms with van der Waals surface area (Å²) in [5, 5.41) is 0. The smallest absolute Gasteiger partial charge is 1.00 e. The van der Waals surface area contributed by atoms with Gasteiger partial charge in [0.05, 0.1) is 107 Å². The number of piperidine rings is 2. The summed E-state index contributed by atoms with van der Waals surface area (Å²) in [5.41, 5.74) is 3.58. The average molecular weight is 1060 g/mol. The van der Waals surface area contributed by atoms with Gasteiger partial charge in [0.15, 0.2) is 0 Å². The van der Waals surface area contributed by atoms with E-state index in [0.717, 1.165) is 91.6 Å². The van der Waals surface area contributed by atoms with E-state index >= 15 is 0 Å². The first-order chi connectivity index (χ1) is 32.0. The number of esters is 3. The number of anilines is 2. The number of alkyl halides is 1. The van der Waals surface area contributed by atoms with Gasteiger partial charge in [-0.2, -0.15) is 0 Å². The van der Waals surface area contributed by atoms with Gasteiger partial charge in [0.25, 0.3) is 0 Å². The fraction of sp³-hybridized carbons (Fsp3) is 0.682. The Balaban J connectivity index is 0.000000457. The van der Waals surface area contributed by atoms with Crippen LogP contribution in [0.1, 0.15) is 75.2 Å². The number of nitrogens with zero attached hydrogens (tertiary/aromatic N) is 5. The molecular weight excluding hydrogens is 993 g/mol. The first kappa shape index (κ1) is 62.7. The van der Waals surface area contributed by atoms with Crippen LogP contribution in [-0.2, 0) is 49.9 Å². The van der Waals surface area contributed by atoms with E-state index in [1.807, 2.05) is 0 Å². The monoisotopic (exact) mass is 1060 g/mol. The number of halogens is 4. The molecule has 2 N–H and O–H groups in total. The molecule has 382 valence electrons. The number of ether oxygens (including phenoxy) is 5. The molecule has 69 heavy (non-hydrogen) atoms. The summed E-state index contributed by atoms with van der Waals surface area (Å²) in [6.07, 6.45) is 12.0. The number of aryl methyl sites for hydroxylation is 1. The van der Waals surface area contributed by atoms with Crippen molar-refractivity contribution >= 4 is 80.0 Å². The van der Waals surface area contributed by atoms with Gasteiger partial charge in [0.1, 0.15) is 5.69 Å². The molecular formula is C44H68BClF3KN7O10S2+. The Hall–Kier alpha value is -2.39. The maximum absolute atomic E-state index is 12.0. The molecule has 0 radical (unpaired) electrons. The number of thiophene rings is 1. The normalized spacial score (nSPS) is 18.7. The predicted octanol–water partition coefficient (Wildman–Crippen LogP) is -0.923. The molecule has 0 spiro atoms.